The van der Waals surface area contributed by atoms with E-state index in [1.54, 1.807) is 18.2 Å². The van der Waals surface area contributed by atoms with E-state index in [1.165, 1.54) is 36.4 Å². The first-order chi connectivity index (χ1) is 14.3. The van der Waals surface area contributed by atoms with E-state index >= 15 is 0 Å². The Kier molecular flexibility index (Phi) is 6.64. The summed E-state index contributed by atoms with van der Waals surface area (Å²) in [5.74, 6) is -2.58. The fourth-order valence-electron chi connectivity index (χ4n) is 2.70. The molecule has 0 spiro atoms. The second kappa shape index (κ2) is 9.37. The number of nitrogens with one attached hydrogen (secondary N) is 1. The molecule has 0 saturated carbocycles. The van der Waals surface area contributed by atoms with Crippen LogP contribution in [-0.2, 0) is 17.8 Å². The van der Waals surface area contributed by atoms with Crippen LogP contribution in [0.25, 0.3) is 0 Å². The number of anilines is 1. The van der Waals surface area contributed by atoms with Crippen LogP contribution < -0.4 is 10.1 Å². The maximum absolute atomic E-state index is 14.2. The highest BCUT2D eigenvalue weighted by Gasteiger charge is 2.15. The average molecular weight is 432 g/mol. The van der Waals surface area contributed by atoms with Gasteiger partial charge in [0.15, 0.2) is 0 Å². The molecule has 1 amide bonds. The van der Waals surface area contributed by atoms with Gasteiger partial charge in [0.2, 0.25) is 0 Å². The molecule has 0 atom stereocenters. The van der Waals surface area contributed by atoms with Gasteiger partial charge in [0.1, 0.15) is 24.0 Å². The number of carbonyl (C=O) groups excluding carboxylic acids is 1. The molecular formula is C22H16ClF2NO4. The fourth-order valence-corrected chi connectivity index (χ4v) is 2.90. The lowest BCUT2D eigenvalue weighted by atomic mass is 10.1. The first-order valence-corrected chi connectivity index (χ1v) is 9.18. The van der Waals surface area contributed by atoms with Crippen LogP contribution in [0.15, 0.2) is 60.7 Å². The lowest BCUT2D eigenvalue weighted by Gasteiger charge is -2.11. The number of ether oxygens (including phenoxy) is 1. The maximum Gasteiger partial charge on any atom is 0.307 e. The van der Waals surface area contributed by atoms with Crippen LogP contribution in [0.4, 0.5) is 14.5 Å². The average Bonchev–Trinajstić information content (AvgIpc) is 2.69. The van der Waals surface area contributed by atoms with E-state index in [0.29, 0.717) is 11.3 Å². The molecule has 5 nitrogen and oxygen atoms in total. The van der Waals surface area contributed by atoms with Crippen molar-refractivity contribution in [2.24, 2.45) is 0 Å². The predicted octanol–water partition coefficient (Wildman–Crippen LogP) is 5.08. The van der Waals surface area contributed by atoms with Gasteiger partial charge < -0.3 is 15.2 Å². The number of hydrogen-bond donors (Lipinski definition) is 2. The molecule has 0 radical (unpaired) electrons. The molecule has 0 bridgehead atoms. The van der Waals surface area contributed by atoms with Crippen molar-refractivity contribution in [1.29, 1.82) is 0 Å². The number of carboxylic acid groups (broad SMARTS) is 1. The third kappa shape index (κ3) is 5.55. The lowest BCUT2D eigenvalue weighted by molar-refractivity contribution is -0.136. The van der Waals surface area contributed by atoms with Gasteiger partial charge in [-0.05, 0) is 53.6 Å². The zero-order valence-electron chi connectivity index (χ0n) is 15.5. The Morgan fingerprint density at radius 2 is 1.80 bits per heavy atom. The van der Waals surface area contributed by atoms with Gasteiger partial charge in [-0.15, -0.1) is 0 Å². The van der Waals surface area contributed by atoms with Crippen molar-refractivity contribution >= 4 is 29.2 Å². The number of carboxylic acids is 1. The predicted molar refractivity (Wildman–Crippen MR) is 108 cm³/mol. The number of hydrogen-bond acceptors (Lipinski definition) is 3. The topological polar surface area (TPSA) is 75.6 Å². The lowest BCUT2D eigenvalue weighted by Crippen LogP contribution is -2.14. The number of benzene rings is 3. The van der Waals surface area contributed by atoms with Gasteiger partial charge in [-0.1, -0.05) is 29.8 Å². The molecular weight excluding hydrogens is 416 g/mol. The zero-order valence-corrected chi connectivity index (χ0v) is 16.2. The number of aliphatic carboxylic acids is 1. The summed E-state index contributed by atoms with van der Waals surface area (Å²) >= 11 is 6.09. The molecule has 0 heterocycles. The first kappa shape index (κ1) is 21.3. The highest BCUT2D eigenvalue weighted by atomic mass is 35.5. The summed E-state index contributed by atoms with van der Waals surface area (Å²) < 4.78 is 33.0. The number of carbonyl (C=O) groups is 2. The standard InChI is InChI=1S/C22H16ClF2NO4/c23-18-6-5-16(30-12-14-2-1-3-15(24)8-14)11-17(18)22(29)26-20-7-4-13(9-19(20)25)10-21(27)28/h1-9,11H,10,12H2,(H,26,29)(H,27,28). The van der Waals surface area contributed by atoms with Gasteiger partial charge in [0, 0.05) is 0 Å². The Bertz CT molecular complexity index is 1100. The van der Waals surface area contributed by atoms with E-state index in [-0.39, 0.29) is 40.7 Å². The summed E-state index contributed by atoms with van der Waals surface area (Å²) in [5.41, 5.74) is 0.821. The fraction of sp³-hybridized carbons (Fsp3) is 0.0909. The Balaban J connectivity index is 1.72. The normalized spacial score (nSPS) is 10.5. The van der Waals surface area contributed by atoms with Crippen LogP contribution in [-0.4, -0.2) is 17.0 Å². The van der Waals surface area contributed by atoms with Crippen molar-refractivity contribution < 1.29 is 28.2 Å². The molecule has 3 aromatic carbocycles. The minimum absolute atomic E-state index is 0.0578. The van der Waals surface area contributed by atoms with E-state index in [2.05, 4.69) is 5.32 Å². The molecule has 0 fully saturated rings. The van der Waals surface area contributed by atoms with Crippen LogP contribution >= 0.6 is 11.6 Å². The number of rotatable bonds is 7. The van der Waals surface area contributed by atoms with E-state index in [0.717, 1.165) is 6.07 Å². The van der Waals surface area contributed by atoms with Gasteiger partial charge in [-0.3, -0.25) is 9.59 Å². The van der Waals surface area contributed by atoms with Crippen molar-refractivity contribution in [3.8, 4) is 5.75 Å². The van der Waals surface area contributed by atoms with Crippen molar-refractivity contribution in [1.82, 2.24) is 0 Å². The zero-order chi connectivity index (χ0) is 21.7. The third-order valence-corrected chi connectivity index (χ3v) is 4.44. The molecule has 3 rings (SSSR count). The largest absolute Gasteiger partial charge is 0.489 e. The molecule has 3 aromatic rings. The summed E-state index contributed by atoms with van der Waals surface area (Å²) in [6.07, 6.45) is -0.332. The summed E-state index contributed by atoms with van der Waals surface area (Å²) in [7, 11) is 0. The minimum atomic E-state index is -1.09. The SMILES string of the molecule is O=C(O)Cc1ccc(NC(=O)c2cc(OCc3cccc(F)c3)ccc2Cl)c(F)c1. The van der Waals surface area contributed by atoms with E-state index in [1.807, 2.05) is 0 Å². The Labute approximate surface area is 175 Å². The molecule has 30 heavy (non-hydrogen) atoms. The molecule has 0 saturated heterocycles. The summed E-state index contributed by atoms with van der Waals surface area (Å²) in [6.45, 7) is 0.0835. The molecule has 2 N–H and O–H groups in total. The first-order valence-electron chi connectivity index (χ1n) is 8.80. The molecule has 0 aliphatic heterocycles. The van der Waals surface area contributed by atoms with E-state index in [9.17, 15) is 18.4 Å². The second-order valence-corrected chi connectivity index (χ2v) is 6.81. The molecule has 8 heteroatoms. The number of amides is 1. The van der Waals surface area contributed by atoms with Gasteiger partial charge in [-0.25, -0.2) is 8.78 Å². The molecule has 154 valence electrons. The number of halogens is 3. The van der Waals surface area contributed by atoms with Crippen LogP contribution in [0.1, 0.15) is 21.5 Å². The molecule has 0 aliphatic rings. The van der Waals surface area contributed by atoms with E-state index < -0.39 is 17.7 Å². The van der Waals surface area contributed by atoms with Crippen LogP contribution in [0.3, 0.4) is 0 Å². The summed E-state index contributed by atoms with van der Waals surface area (Å²) in [6, 6.07) is 14.1. The minimum Gasteiger partial charge on any atom is -0.489 e. The molecule has 0 aliphatic carbocycles. The van der Waals surface area contributed by atoms with Crippen molar-refractivity contribution in [2.75, 3.05) is 5.32 Å². The van der Waals surface area contributed by atoms with Crippen LogP contribution in [0.2, 0.25) is 5.02 Å². The Morgan fingerprint density at radius 1 is 1.00 bits per heavy atom. The van der Waals surface area contributed by atoms with Crippen molar-refractivity contribution in [3.05, 3.63) is 94.0 Å². The third-order valence-electron chi connectivity index (χ3n) is 4.11. The molecule has 0 unspecified atom stereocenters. The highest BCUT2D eigenvalue weighted by Crippen LogP contribution is 2.25. The van der Waals surface area contributed by atoms with Crippen LogP contribution in [0, 0.1) is 11.6 Å². The highest BCUT2D eigenvalue weighted by molar-refractivity contribution is 6.34. The van der Waals surface area contributed by atoms with E-state index in [4.69, 9.17) is 21.4 Å². The Morgan fingerprint density at radius 3 is 2.50 bits per heavy atom. The smallest absolute Gasteiger partial charge is 0.307 e. The van der Waals surface area contributed by atoms with Gasteiger partial charge >= 0.3 is 5.97 Å². The van der Waals surface area contributed by atoms with Gasteiger partial charge in [0.25, 0.3) is 5.91 Å². The van der Waals surface area contributed by atoms with Crippen molar-refractivity contribution in [2.45, 2.75) is 13.0 Å². The maximum atomic E-state index is 14.2. The monoisotopic (exact) mass is 431 g/mol. The quantitative estimate of drug-likeness (QED) is 0.547. The Hall–Kier alpha value is -3.45. The summed E-state index contributed by atoms with van der Waals surface area (Å²) in [4.78, 5) is 23.3. The van der Waals surface area contributed by atoms with Gasteiger partial charge in [-0.2, -0.15) is 0 Å². The van der Waals surface area contributed by atoms with Crippen molar-refractivity contribution in [3.63, 3.8) is 0 Å². The van der Waals surface area contributed by atoms with Crippen LogP contribution in [0.5, 0.6) is 5.75 Å². The van der Waals surface area contributed by atoms with Gasteiger partial charge in [0.05, 0.1) is 22.7 Å². The molecule has 0 aromatic heterocycles. The second-order valence-electron chi connectivity index (χ2n) is 6.40. The summed E-state index contributed by atoms with van der Waals surface area (Å²) in [5, 5.41) is 11.3.